The third kappa shape index (κ3) is 5.72. The first kappa shape index (κ1) is 26.5. The minimum absolute atomic E-state index is 0.157. The van der Waals surface area contributed by atoms with E-state index >= 15 is 0 Å². The minimum atomic E-state index is -0.533. The Balaban J connectivity index is 1.76. The first-order valence-corrected chi connectivity index (χ1v) is 12.5. The first-order valence-electron chi connectivity index (χ1n) is 11.7. The van der Waals surface area contributed by atoms with E-state index in [1.54, 1.807) is 19.2 Å². The van der Waals surface area contributed by atoms with Crippen LogP contribution in [0.2, 0.25) is 0 Å². The van der Waals surface area contributed by atoms with Crippen LogP contribution in [0, 0.1) is 5.82 Å². The normalized spacial score (nSPS) is 11.9. The lowest BCUT2D eigenvalue weighted by Gasteiger charge is -2.21. The summed E-state index contributed by atoms with van der Waals surface area (Å²) in [6, 6.07) is 5.96. The second kappa shape index (κ2) is 10.4. The minimum Gasteiger partial charge on any atom is -0.329 e. The van der Waals surface area contributed by atoms with E-state index in [0.29, 0.717) is 29.4 Å². The van der Waals surface area contributed by atoms with E-state index in [1.165, 1.54) is 33.3 Å². The highest BCUT2D eigenvalue weighted by atomic mass is 32.2. The molecule has 0 aliphatic carbocycles. The molecule has 0 bridgehead atoms. The van der Waals surface area contributed by atoms with Crippen LogP contribution in [0.3, 0.4) is 0 Å². The Hall–Kier alpha value is -3.58. The van der Waals surface area contributed by atoms with Crippen molar-refractivity contribution in [1.82, 2.24) is 38.9 Å². The van der Waals surface area contributed by atoms with E-state index < -0.39 is 11.2 Å². The fraction of sp³-hybridized carbons (Fsp3) is 0.417. The average Bonchev–Trinajstić information content (AvgIpc) is 3.44. The number of nitrogens with zero attached hydrogens (tertiary/aromatic N) is 8. The van der Waals surface area contributed by atoms with E-state index in [0.717, 1.165) is 15.7 Å². The number of imidazole rings is 1. The van der Waals surface area contributed by atoms with E-state index in [-0.39, 0.29) is 29.5 Å². The number of halogens is 1. The molecule has 1 aromatic carbocycles. The highest BCUT2D eigenvalue weighted by Gasteiger charge is 2.26. The number of rotatable bonds is 9. The number of nitrogens with two attached hydrogens (primary N) is 1. The molecular formula is C24H30FN9O2S. The summed E-state index contributed by atoms with van der Waals surface area (Å²) in [5, 5.41) is 12.9. The van der Waals surface area contributed by atoms with Crippen LogP contribution >= 0.6 is 11.8 Å². The van der Waals surface area contributed by atoms with Gasteiger partial charge in [0.05, 0.1) is 13.1 Å². The van der Waals surface area contributed by atoms with Crippen LogP contribution in [-0.2, 0) is 26.7 Å². The maximum atomic E-state index is 13.7. The summed E-state index contributed by atoms with van der Waals surface area (Å²) in [4.78, 5) is 32.9. The molecule has 0 fully saturated rings. The first-order chi connectivity index (χ1) is 17.5. The molecule has 37 heavy (non-hydrogen) atoms. The van der Waals surface area contributed by atoms with Crippen LogP contribution in [-0.4, -0.2) is 50.2 Å². The van der Waals surface area contributed by atoms with Gasteiger partial charge in [0, 0.05) is 24.9 Å². The van der Waals surface area contributed by atoms with E-state index in [2.05, 4.69) is 20.4 Å². The summed E-state index contributed by atoms with van der Waals surface area (Å²) in [6.07, 6.45) is 2.00. The fourth-order valence-corrected chi connectivity index (χ4v) is 4.59. The van der Waals surface area contributed by atoms with Gasteiger partial charge in [-0.15, -0.1) is 10.2 Å². The molecule has 0 radical (unpaired) electrons. The molecule has 0 spiro atoms. The van der Waals surface area contributed by atoms with Gasteiger partial charge in [0.2, 0.25) is 0 Å². The summed E-state index contributed by atoms with van der Waals surface area (Å²) >= 11 is 1.46. The zero-order valence-electron chi connectivity index (χ0n) is 21.5. The maximum Gasteiger partial charge on any atom is 0.332 e. The Morgan fingerprint density at radius 1 is 1.14 bits per heavy atom. The molecule has 4 aromatic rings. The lowest BCUT2D eigenvalue weighted by Crippen LogP contribution is -2.40. The molecule has 13 heteroatoms. The second-order valence-electron chi connectivity index (χ2n) is 9.62. The van der Waals surface area contributed by atoms with Gasteiger partial charge in [-0.2, -0.15) is 4.80 Å². The molecule has 0 saturated heterocycles. The molecule has 2 N–H and O–H groups in total. The molecule has 3 aromatic heterocycles. The number of benzene rings is 1. The van der Waals surface area contributed by atoms with Gasteiger partial charge in [0.1, 0.15) is 5.82 Å². The molecule has 0 saturated carbocycles. The van der Waals surface area contributed by atoms with Gasteiger partial charge in [-0.1, -0.05) is 35.5 Å². The molecule has 196 valence electrons. The molecule has 0 aliphatic heterocycles. The van der Waals surface area contributed by atoms with Crippen molar-refractivity contribution in [2.24, 2.45) is 12.8 Å². The standard InChI is InChI=1S/C24H30FN9O2S/c1-15(2)10-11-32-19-20(27-22(32)37-24(3,4)14-26)31(5)23(36)33(21(19)35)13-18-28-30-34(29-18)12-16-6-8-17(25)9-7-16/h6-10H,11-14,26H2,1-5H3. The van der Waals surface area contributed by atoms with Crippen molar-refractivity contribution in [2.45, 2.75) is 57.2 Å². The molecule has 0 atom stereocenters. The summed E-state index contributed by atoms with van der Waals surface area (Å²) in [7, 11) is 1.58. The van der Waals surface area contributed by atoms with E-state index in [1.807, 2.05) is 38.3 Å². The number of tetrazole rings is 1. The lowest BCUT2D eigenvalue weighted by molar-refractivity contribution is 0.564. The van der Waals surface area contributed by atoms with Gasteiger partial charge in [-0.05, 0) is 50.6 Å². The smallest absolute Gasteiger partial charge is 0.329 e. The molecule has 0 aliphatic rings. The Kier molecular flexibility index (Phi) is 7.46. The number of thioether (sulfide) groups is 1. The van der Waals surface area contributed by atoms with E-state index in [4.69, 9.17) is 5.73 Å². The van der Waals surface area contributed by atoms with Gasteiger partial charge in [-0.3, -0.25) is 13.9 Å². The number of hydrogen-bond donors (Lipinski definition) is 1. The van der Waals surface area contributed by atoms with Crippen LogP contribution in [0.5, 0.6) is 0 Å². The zero-order chi connectivity index (χ0) is 26.9. The molecule has 4 rings (SSSR count). The third-order valence-corrected chi connectivity index (χ3v) is 6.98. The summed E-state index contributed by atoms with van der Waals surface area (Å²) in [5.74, 6) is -0.131. The number of hydrogen-bond acceptors (Lipinski definition) is 8. The van der Waals surface area contributed by atoms with Gasteiger partial charge in [0.25, 0.3) is 5.56 Å². The fourth-order valence-electron chi connectivity index (χ4n) is 3.60. The van der Waals surface area contributed by atoms with Crippen molar-refractivity contribution in [1.29, 1.82) is 0 Å². The summed E-state index contributed by atoms with van der Waals surface area (Å²) in [6.45, 7) is 8.89. The number of aryl methyl sites for hydroxylation is 1. The molecule has 0 unspecified atom stereocenters. The topological polar surface area (TPSA) is 131 Å². The van der Waals surface area contributed by atoms with Crippen LogP contribution in [0.4, 0.5) is 4.39 Å². The SMILES string of the molecule is CC(C)=CCn1c(SC(C)(C)CN)nc2c1c(=O)n(Cc1nnn(Cc3ccc(F)cc3)n1)c(=O)n2C. The molecule has 11 nitrogen and oxygen atoms in total. The van der Waals surface area contributed by atoms with Gasteiger partial charge in [0.15, 0.2) is 22.1 Å². The van der Waals surface area contributed by atoms with Crippen LogP contribution in [0.15, 0.2) is 50.7 Å². The van der Waals surface area contributed by atoms with Crippen molar-refractivity contribution < 1.29 is 4.39 Å². The van der Waals surface area contributed by atoms with E-state index in [9.17, 15) is 14.0 Å². The Labute approximate surface area is 216 Å². The van der Waals surface area contributed by atoms with Crippen molar-refractivity contribution in [3.63, 3.8) is 0 Å². The second-order valence-corrected chi connectivity index (χ2v) is 11.3. The van der Waals surface area contributed by atoms with Crippen molar-refractivity contribution >= 4 is 22.9 Å². The summed E-state index contributed by atoms with van der Waals surface area (Å²) < 4.78 is 17.1. The van der Waals surface area contributed by atoms with Crippen molar-refractivity contribution in [3.8, 4) is 0 Å². The number of allylic oxidation sites excluding steroid dienone is 2. The largest absolute Gasteiger partial charge is 0.332 e. The summed E-state index contributed by atoms with van der Waals surface area (Å²) in [5.41, 5.74) is 7.41. The molecular weight excluding hydrogens is 497 g/mol. The Bertz CT molecular complexity index is 1570. The lowest BCUT2D eigenvalue weighted by atomic mass is 10.2. The molecule has 0 amide bonds. The van der Waals surface area contributed by atoms with Crippen LogP contribution < -0.4 is 17.0 Å². The predicted molar refractivity (Wildman–Crippen MR) is 140 cm³/mol. The quantitative estimate of drug-likeness (QED) is 0.258. The van der Waals surface area contributed by atoms with Crippen molar-refractivity contribution in [2.75, 3.05) is 6.54 Å². The highest BCUT2D eigenvalue weighted by Crippen LogP contribution is 2.32. The Morgan fingerprint density at radius 2 is 1.84 bits per heavy atom. The highest BCUT2D eigenvalue weighted by molar-refractivity contribution is 8.00. The molecule has 3 heterocycles. The zero-order valence-corrected chi connectivity index (χ0v) is 22.3. The van der Waals surface area contributed by atoms with Gasteiger partial charge in [-0.25, -0.2) is 14.2 Å². The van der Waals surface area contributed by atoms with Gasteiger partial charge >= 0.3 is 5.69 Å². The van der Waals surface area contributed by atoms with Crippen LogP contribution in [0.1, 0.15) is 39.1 Å². The monoisotopic (exact) mass is 527 g/mol. The van der Waals surface area contributed by atoms with Crippen molar-refractivity contribution in [3.05, 3.63) is 74.0 Å². The third-order valence-electron chi connectivity index (χ3n) is 5.77. The predicted octanol–water partition coefficient (Wildman–Crippen LogP) is 1.91. The van der Waals surface area contributed by atoms with Gasteiger partial charge < -0.3 is 10.3 Å². The Morgan fingerprint density at radius 3 is 2.49 bits per heavy atom. The van der Waals surface area contributed by atoms with Crippen LogP contribution in [0.25, 0.3) is 11.2 Å². The average molecular weight is 528 g/mol. The number of aromatic nitrogens is 8. The number of fused-ring (bicyclic) bond motifs is 1. The maximum absolute atomic E-state index is 13.7.